The highest BCUT2D eigenvalue weighted by Gasteiger charge is 2.22. The van der Waals surface area contributed by atoms with E-state index < -0.39 is 5.97 Å². The van der Waals surface area contributed by atoms with Gasteiger partial charge in [0.05, 0.1) is 33.2 Å². The third-order valence-corrected chi connectivity index (χ3v) is 7.38. The van der Waals surface area contributed by atoms with Gasteiger partial charge in [-0.05, 0) is 80.6 Å². The lowest BCUT2D eigenvalue weighted by atomic mass is 9.88. The van der Waals surface area contributed by atoms with Gasteiger partial charge >= 0.3 is 5.97 Å². The van der Waals surface area contributed by atoms with E-state index in [9.17, 15) is 9.59 Å². The van der Waals surface area contributed by atoms with Crippen LogP contribution in [0, 0.1) is 0 Å². The van der Waals surface area contributed by atoms with Crippen LogP contribution in [-0.4, -0.2) is 35.6 Å². The Bertz CT molecular complexity index is 1290. The number of carbonyl (C=O) groups is 1. The van der Waals surface area contributed by atoms with Crippen LogP contribution >= 0.6 is 47.8 Å². The Morgan fingerprint density at radius 3 is 2.53 bits per heavy atom. The lowest BCUT2D eigenvalue weighted by Gasteiger charge is -2.22. The SMILES string of the molecule is COC(=O)COc1c(Br)cc(C=Nn2c(C3CCCCC3)nc3ccc(Br)cc3c2=O)cc1Br. The molecule has 2 aromatic carbocycles. The number of nitrogens with zero attached hydrogens (tertiary/aromatic N) is 3. The van der Waals surface area contributed by atoms with E-state index in [4.69, 9.17) is 9.72 Å². The van der Waals surface area contributed by atoms with Crippen LogP contribution in [0.25, 0.3) is 10.9 Å². The molecule has 0 bridgehead atoms. The van der Waals surface area contributed by atoms with E-state index >= 15 is 0 Å². The average Bonchev–Trinajstić information content (AvgIpc) is 2.83. The summed E-state index contributed by atoms with van der Waals surface area (Å²) in [4.78, 5) is 29.7. The quantitative estimate of drug-likeness (QED) is 0.235. The van der Waals surface area contributed by atoms with Crippen LogP contribution < -0.4 is 10.3 Å². The van der Waals surface area contributed by atoms with Gasteiger partial charge in [-0.3, -0.25) is 4.79 Å². The molecule has 1 saturated carbocycles. The van der Waals surface area contributed by atoms with E-state index in [1.807, 2.05) is 12.1 Å². The lowest BCUT2D eigenvalue weighted by Crippen LogP contribution is -2.25. The Kier molecular flexibility index (Phi) is 8.21. The van der Waals surface area contributed by atoms with Gasteiger partial charge in [0.15, 0.2) is 6.61 Å². The standard InChI is InChI=1S/C24H22Br3N3O4/c1-33-21(31)13-34-22-18(26)9-14(10-19(22)27)12-28-30-23(15-5-3-2-4-6-15)29-20-8-7-16(25)11-17(20)24(30)32/h7-12,15H,2-6,13H2,1H3. The molecule has 0 N–H and O–H groups in total. The first-order valence-corrected chi connectivity index (χ1v) is 13.2. The molecular formula is C24H22Br3N3O4. The zero-order valence-electron chi connectivity index (χ0n) is 18.4. The first-order chi connectivity index (χ1) is 16.4. The van der Waals surface area contributed by atoms with Crippen molar-refractivity contribution in [2.24, 2.45) is 5.10 Å². The van der Waals surface area contributed by atoms with E-state index in [1.165, 1.54) is 18.2 Å². The molecule has 0 unspecified atom stereocenters. The van der Waals surface area contributed by atoms with Gasteiger partial charge < -0.3 is 9.47 Å². The number of rotatable bonds is 6. The second-order valence-electron chi connectivity index (χ2n) is 8.01. The van der Waals surface area contributed by atoms with Crippen molar-refractivity contribution in [3.8, 4) is 5.75 Å². The molecule has 1 aliphatic rings. The number of halogens is 3. The molecule has 3 aromatic rings. The zero-order chi connectivity index (χ0) is 24.2. The molecule has 0 radical (unpaired) electrons. The molecule has 0 saturated heterocycles. The largest absolute Gasteiger partial charge is 0.480 e. The fourth-order valence-electron chi connectivity index (χ4n) is 4.01. The summed E-state index contributed by atoms with van der Waals surface area (Å²) >= 11 is 10.4. The van der Waals surface area contributed by atoms with Crippen molar-refractivity contribution < 1.29 is 14.3 Å². The number of methoxy groups -OCH3 is 1. The molecule has 10 heteroatoms. The highest BCUT2D eigenvalue weighted by Crippen LogP contribution is 2.35. The zero-order valence-corrected chi connectivity index (χ0v) is 23.2. The van der Waals surface area contributed by atoms with Crippen molar-refractivity contribution in [2.75, 3.05) is 13.7 Å². The Balaban J connectivity index is 1.73. The third-order valence-electron chi connectivity index (χ3n) is 5.71. The van der Waals surface area contributed by atoms with Crippen molar-refractivity contribution in [2.45, 2.75) is 38.0 Å². The second kappa shape index (κ2) is 11.1. The number of hydrogen-bond acceptors (Lipinski definition) is 6. The first kappa shape index (κ1) is 25.1. The maximum absolute atomic E-state index is 13.4. The average molecular weight is 656 g/mol. The lowest BCUT2D eigenvalue weighted by molar-refractivity contribution is -0.142. The van der Waals surface area contributed by atoms with Gasteiger partial charge in [-0.2, -0.15) is 9.78 Å². The molecule has 0 spiro atoms. The van der Waals surface area contributed by atoms with Crippen LogP contribution in [0.3, 0.4) is 0 Å². The van der Waals surface area contributed by atoms with Crippen LogP contribution in [0.15, 0.2) is 53.6 Å². The first-order valence-electron chi connectivity index (χ1n) is 10.8. The van der Waals surface area contributed by atoms with Crippen LogP contribution in [0.2, 0.25) is 0 Å². The molecule has 1 aromatic heterocycles. The van der Waals surface area contributed by atoms with Gasteiger partial charge in [-0.15, -0.1) is 0 Å². The van der Waals surface area contributed by atoms with Crippen molar-refractivity contribution in [1.82, 2.24) is 9.66 Å². The van der Waals surface area contributed by atoms with Gasteiger partial charge in [-0.1, -0.05) is 35.2 Å². The maximum Gasteiger partial charge on any atom is 0.343 e. The summed E-state index contributed by atoms with van der Waals surface area (Å²) in [6.07, 6.45) is 7.06. The highest BCUT2D eigenvalue weighted by atomic mass is 79.9. The van der Waals surface area contributed by atoms with E-state index in [0.717, 1.165) is 35.7 Å². The molecule has 0 amide bonds. The smallest absolute Gasteiger partial charge is 0.343 e. The fourth-order valence-corrected chi connectivity index (χ4v) is 5.82. The Morgan fingerprint density at radius 2 is 1.85 bits per heavy atom. The molecule has 34 heavy (non-hydrogen) atoms. The Morgan fingerprint density at radius 1 is 1.15 bits per heavy atom. The summed E-state index contributed by atoms with van der Waals surface area (Å²) in [7, 11) is 1.30. The van der Waals surface area contributed by atoms with Gasteiger partial charge in [0.2, 0.25) is 0 Å². The summed E-state index contributed by atoms with van der Waals surface area (Å²) in [5.41, 5.74) is 1.22. The normalized spacial score (nSPS) is 14.6. The molecule has 178 valence electrons. The topological polar surface area (TPSA) is 82.8 Å². The Hall–Kier alpha value is -2.04. The number of fused-ring (bicyclic) bond motifs is 1. The van der Waals surface area contributed by atoms with Crippen molar-refractivity contribution in [3.05, 3.63) is 65.5 Å². The monoisotopic (exact) mass is 653 g/mol. The third kappa shape index (κ3) is 5.60. The van der Waals surface area contributed by atoms with Gasteiger partial charge in [0.1, 0.15) is 11.6 Å². The maximum atomic E-state index is 13.4. The summed E-state index contributed by atoms with van der Waals surface area (Å²) in [6.45, 7) is -0.209. The van der Waals surface area contributed by atoms with Crippen molar-refractivity contribution in [3.63, 3.8) is 0 Å². The molecule has 0 atom stereocenters. The minimum atomic E-state index is -0.477. The van der Waals surface area contributed by atoms with E-state index in [2.05, 4.69) is 57.6 Å². The van der Waals surface area contributed by atoms with E-state index in [0.29, 0.717) is 31.4 Å². The summed E-state index contributed by atoms with van der Waals surface area (Å²) in [5, 5.41) is 5.09. The highest BCUT2D eigenvalue weighted by molar-refractivity contribution is 9.11. The van der Waals surface area contributed by atoms with Crippen LogP contribution in [-0.2, 0) is 9.53 Å². The molecule has 1 heterocycles. The minimum Gasteiger partial charge on any atom is -0.480 e. The molecule has 4 rings (SSSR count). The fraction of sp³-hybridized carbons (Fsp3) is 0.333. The van der Waals surface area contributed by atoms with Gasteiger partial charge in [0.25, 0.3) is 5.56 Å². The molecule has 7 nitrogen and oxygen atoms in total. The van der Waals surface area contributed by atoms with E-state index in [1.54, 1.807) is 24.4 Å². The van der Waals surface area contributed by atoms with Crippen LogP contribution in [0.5, 0.6) is 5.75 Å². The number of aromatic nitrogens is 2. The van der Waals surface area contributed by atoms with Gasteiger partial charge in [-0.25, -0.2) is 9.78 Å². The predicted octanol–water partition coefficient (Wildman–Crippen LogP) is 6.17. The summed E-state index contributed by atoms with van der Waals surface area (Å²) in [5.74, 6) is 0.889. The van der Waals surface area contributed by atoms with Gasteiger partial charge in [0, 0.05) is 10.4 Å². The molecular weight excluding hydrogens is 634 g/mol. The number of esters is 1. The second-order valence-corrected chi connectivity index (χ2v) is 10.6. The number of benzene rings is 2. The summed E-state index contributed by atoms with van der Waals surface area (Å²) in [6, 6.07) is 9.14. The number of ether oxygens (including phenoxy) is 2. The molecule has 1 fully saturated rings. The Labute approximate surface area is 221 Å². The minimum absolute atomic E-state index is 0.194. The van der Waals surface area contributed by atoms with Crippen LogP contribution in [0.4, 0.5) is 0 Å². The van der Waals surface area contributed by atoms with Crippen molar-refractivity contribution >= 4 is 70.9 Å². The molecule has 1 aliphatic carbocycles. The molecule has 0 aliphatic heterocycles. The number of hydrogen-bond donors (Lipinski definition) is 0. The van der Waals surface area contributed by atoms with Crippen LogP contribution in [0.1, 0.15) is 49.4 Å². The number of carbonyl (C=O) groups excluding carboxylic acids is 1. The van der Waals surface area contributed by atoms with E-state index in [-0.39, 0.29) is 18.1 Å². The van der Waals surface area contributed by atoms with Crippen molar-refractivity contribution in [1.29, 1.82) is 0 Å². The summed E-state index contributed by atoms with van der Waals surface area (Å²) < 4.78 is 13.7. The predicted molar refractivity (Wildman–Crippen MR) is 142 cm³/mol.